The second kappa shape index (κ2) is 8.21. The van der Waals surface area contributed by atoms with E-state index < -0.39 is 0 Å². The lowest BCUT2D eigenvalue weighted by Crippen LogP contribution is -2.40. The molecule has 0 N–H and O–H groups in total. The van der Waals surface area contributed by atoms with Crippen LogP contribution in [0, 0.1) is 12.8 Å². The molecule has 2 aliphatic heterocycles. The van der Waals surface area contributed by atoms with Crippen LogP contribution in [0.3, 0.4) is 0 Å². The molecule has 1 aromatic rings. The molecule has 0 aliphatic carbocycles. The molecule has 2 aliphatic rings. The summed E-state index contributed by atoms with van der Waals surface area (Å²) in [5.41, 5.74) is 0.829. The predicted octanol–water partition coefficient (Wildman–Crippen LogP) is 2.12. The summed E-state index contributed by atoms with van der Waals surface area (Å²) < 4.78 is 10.2. The van der Waals surface area contributed by atoms with Gasteiger partial charge in [0.1, 0.15) is 24.9 Å². The number of cyclic esters (lactones) is 1. The van der Waals surface area contributed by atoms with Crippen molar-refractivity contribution in [3.05, 3.63) is 17.6 Å². The normalized spacial score (nSPS) is 21.1. The number of amides is 2. The van der Waals surface area contributed by atoms with E-state index in [-0.39, 0.29) is 36.5 Å². The minimum atomic E-state index is -0.349. The number of carbonyl (C=O) groups is 2. The van der Waals surface area contributed by atoms with Crippen LogP contribution in [-0.4, -0.2) is 66.3 Å². The number of methoxy groups -OCH3 is 1. The topological polar surface area (TPSA) is 84.9 Å². The summed E-state index contributed by atoms with van der Waals surface area (Å²) in [6.07, 6.45) is 1.25. The average molecular weight is 376 g/mol. The van der Waals surface area contributed by atoms with Gasteiger partial charge in [-0.05, 0) is 25.7 Å². The number of aryl methyl sites for hydroxylation is 1. The molecule has 0 radical (unpaired) electrons. The summed E-state index contributed by atoms with van der Waals surface area (Å²) in [4.78, 5) is 37.0. The Bertz CT molecular complexity index is 701. The maximum atomic E-state index is 12.3. The first-order valence-corrected chi connectivity index (χ1v) is 9.49. The Morgan fingerprint density at radius 1 is 1.33 bits per heavy atom. The molecule has 8 heteroatoms. The Kier molecular flexibility index (Phi) is 5.94. The standard InChI is InChI=1S/C19H28N4O4/c1-12(2)15-10-27-19(25)23(15)16-9-13(3)20-18(21-16)14-5-7-22(8-6-14)17(24)11-26-4/h9,12,14-15H,5-8,10-11H2,1-4H3. The highest BCUT2D eigenvalue weighted by molar-refractivity contribution is 5.89. The highest BCUT2D eigenvalue weighted by Gasteiger charge is 2.37. The molecule has 0 bridgehead atoms. The molecular weight excluding hydrogens is 348 g/mol. The third-order valence-corrected chi connectivity index (χ3v) is 5.26. The van der Waals surface area contributed by atoms with Gasteiger partial charge in [-0.2, -0.15) is 0 Å². The zero-order valence-electron chi connectivity index (χ0n) is 16.5. The minimum absolute atomic E-state index is 0.0152. The van der Waals surface area contributed by atoms with Gasteiger partial charge >= 0.3 is 6.09 Å². The minimum Gasteiger partial charge on any atom is -0.447 e. The number of aromatic nitrogens is 2. The Morgan fingerprint density at radius 2 is 2.04 bits per heavy atom. The van der Waals surface area contributed by atoms with Crippen molar-refractivity contribution in [3.63, 3.8) is 0 Å². The molecule has 27 heavy (non-hydrogen) atoms. The first-order chi connectivity index (χ1) is 12.9. The van der Waals surface area contributed by atoms with Crippen molar-refractivity contribution in [1.29, 1.82) is 0 Å². The van der Waals surface area contributed by atoms with E-state index in [1.54, 1.807) is 4.90 Å². The van der Waals surface area contributed by atoms with Crippen LogP contribution < -0.4 is 4.90 Å². The van der Waals surface area contributed by atoms with Gasteiger partial charge in [0.05, 0.1) is 6.04 Å². The number of ether oxygens (including phenoxy) is 2. The third-order valence-electron chi connectivity index (χ3n) is 5.26. The molecule has 1 aromatic heterocycles. The molecule has 3 rings (SSSR count). The van der Waals surface area contributed by atoms with E-state index >= 15 is 0 Å². The van der Waals surface area contributed by atoms with E-state index in [0.29, 0.717) is 25.5 Å². The fraction of sp³-hybridized carbons (Fsp3) is 0.684. The van der Waals surface area contributed by atoms with Crippen LogP contribution in [-0.2, 0) is 14.3 Å². The van der Waals surface area contributed by atoms with E-state index in [1.165, 1.54) is 7.11 Å². The van der Waals surface area contributed by atoms with E-state index in [4.69, 9.17) is 14.5 Å². The fourth-order valence-corrected chi connectivity index (χ4v) is 3.67. The Labute approximate surface area is 159 Å². The van der Waals surface area contributed by atoms with Gasteiger partial charge in [0.25, 0.3) is 0 Å². The van der Waals surface area contributed by atoms with Gasteiger partial charge in [-0.25, -0.2) is 14.8 Å². The molecule has 0 saturated carbocycles. The summed E-state index contributed by atoms with van der Waals surface area (Å²) in [7, 11) is 1.53. The largest absolute Gasteiger partial charge is 0.447 e. The lowest BCUT2D eigenvalue weighted by molar-refractivity contribution is -0.136. The predicted molar refractivity (Wildman–Crippen MR) is 99.7 cm³/mol. The molecule has 2 amide bonds. The number of hydrogen-bond donors (Lipinski definition) is 0. The van der Waals surface area contributed by atoms with Crippen LogP contribution >= 0.6 is 0 Å². The molecule has 0 aromatic carbocycles. The molecule has 148 valence electrons. The van der Waals surface area contributed by atoms with Crippen molar-refractivity contribution < 1.29 is 19.1 Å². The van der Waals surface area contributed by atoms with Crippen LogP contribution in [0.2, 0.25) is 0 Å². The van der Waals surface area contributed by atoms with Gasteiger partial charge in [0, 0.05) is 37.9 Å². The van der Waals surface area contributed by atoms with Crippen molar-refractivity contribution in [2.45, 2.75) is 45.6 Å². The first-order valence-electron chi connectivity index (χ1n) is 9.49. The van der Waals surface area contributed by atoms with Crippen LogP contribution in [0.15, 0.2) is 6.07 Å². The lowest BCUT2D eigenvalue weighted by atomic mass is 9.95. The van der Waals surface area contributed by atoms with E-state index in [2.05, 4.69) is 18.8 Å². The van der Waals surface area contributed by atoms with Gasteiger partial charge in [-0.1, -0.05) is 13.8 Å². The molecule has 2 saturated heterocycles. The third kappa shape index (κ3) is 4.21. The van der Waals surface area contributed by atoms with Gasteiger partial charge in [-0.15, -0.1) is 0 Å². The molecule has 2 fully saturated rings. The Morgan fingerprint density at radius 3 is 2.67 bits per heavy atom. The van der Waals surface area contributed by atoms with Crippen LogP contribution in [0.5, 0.6) is 0 Å². The van der Waals surface area contributed by atoms with E-state index in [9.17, 15) is 9.59 Å². The zero-order valence-corrected chi connectivity index (χ0v) is 16.5. The molecule has 1 atom stereocenters. The average Bonchev–Trinajstić information content (AvgIpc) is 3.03. The number of hydrogen-bond acceptors (Lipinski definition) is 6. The second-order valence-corrected chi connectivity index (χ2v) is 7.57. The Hall–Kier alpha value is -2.22. The van der Waals surface area contributed by atoms with Gasteiger partial charge in [0.15, 0.2) is 0 Å². The van der Waals surface area contributed by atoms with Crippen LogP contribution in [0.25, 0.3) is 0 Å². The van der Waals surface area contributed by atoms with E-state index in [1.807, 2.05) is 17.9 Å². The van der Waals surface area contributed by atoms with Crippen molar-refractivity contribution in [1.82, 2.24) is 14.9 Å². The summed E-state index contributed by atoms with van der Waals surface area (Å²) in [6.45, 7) is 7.89. The molecule has 3 heterocycles. The van der Waals surface area contributed by atoms with Crippen LogP contribution in [0.4, 0.5) is 10.6 Å². The van der Waals surface area contributed by atoms with Crippen molar-refractivity contribution >= 4 is 17.8 Å². The summed E-state index contributed by atoms with van der Waals surface area (Å²) in [5, 5.41) is 0. The number of rotatable bonds is 5. The van der Waals surface area contributed by atoms with E-state index in [0.717, 1.165) is 24.4 Å². The van der Waals surface area contributed by atoms with Crippen molar-refractivity contribution in [3.8, 4) is 0 Å². The number of carbonyl (C=O) groups excluding carboxylic acids is 2. The summed E-state index contributed by atoms with van der Waals surface area (Å²) in [6, 6.07) is 1.82. The van der Waals surface area contributed by atoms with Gasteiger partial charge < -0.3 is 14.4 Å². The highest BCUT2D eigenvalue weighted by atomic mass is 16.6. The quantitative estimate of drug-likeness (QED) is 0.783. The molecule has 0 spiro atoms. The fourth-order valence-electron chi connectivity index (χ4n) is 3.67. The molecular formula is C19H28N4O4. The first kappa shape index (κ1) is 19.5. The number of anilines is 1. The SMILES string of the molecule is COCC(=O)N1CCC(c2nc(C)cc(N3C(=O)OCC3C(C)C)n2)CC1. The zero-order chi connectivity index (χ0) is 19.6. The summed E-state index contributed by atoms with van der Waals surface area (Å²) in [5.74, 6) is 1.81. The van der Waals surface area contributed by atoms with Crippen LogP contribution in [0.1, 0.15) is 44.1 Å². The molecule has 8 nitrogen and oxygen atoms in total. The lowest BCUT2D eigenvalue weighted by Gasteiger charge is -2.31. The second-order valence-electron chi connectivity index (χ2n) is 7.57. The number of likely N-dealkylation sites (tertiary alicyclic amines) is 1. The number of piperidine rings is 1. The summed E-state index contributed by atoms with van der Waals surface area (Å²) >= 11 is 0. The van der Waals surface area contributed by atoms with Gasteiger partial charge in [-0.3, -0.25) is 9.69 Å². The Balaban J connectivity index is 1.77. The smallest absolute Gasteiger partial charge is 0.415 e. The maximum Gasteiger partial charge on any atom is 0.415 e. The monoisotopic (exact) mass is 376 g/mol. The maximum absolute atomic E-state index is 12.3. The van der Waals surface area contributed by atoms with Crippen molar-refractivity contribution in [2.24, 2.45) is 5.92 Å². The molecule has 1 unspecified atom stereocenters. The van der Waals surface area contributed by atoms with Crippen molar-refractivity contribution in [2.75, 3.05) is 38.3 Å². The van der Waals surface area contributed by atoms with Gasteiger partial charge in [0.2, 0.25) is 5.91 Å². The number of nitrogens with zero attached hydrogens (tertiary/aromatic N) is 4. The highest BCUT2D eigenvalue weighted by Crippen LogP contribution is 2.30.